The second-order valence-corrected chi connectivity index (χ2v) is 8.94. The van der Waals surface area contributed by atoms with Crippen LogP contribution in [0.3, 0.4) is 0 Å². The summed E-state index contributed by atoms with van der Waals surface area (Å²) in [5.41, 5.74) is 2.98. The van der Waals surface area contributed by atoms with Crippen LogP contribution in [0.5, 0.6) is 17.2 Å². The van der Waals surface area contributed by atoms with Gasteiger partial charge in [0, 0.05) is 31.7 Å². The van der Waals surface area contributed by atoms with E-state index >= 15 is 0 Å². The molecule has 0 radical (unpaired) electrons. The Balaban J connectivity index is 1.42. The van der Waals surface area contributed by atoms with Crippen LogP contribution in [0.1, 0.15) is 51.0 Å². The van der Waals surface area contributed by atoms with E-state index in [-0.39, 0.29) is 11.9 Å². The van der Waals surface area contributed by atoms with Gasteiger partial charge >= 0.3 is 6.16 Å². The average molecular weight is 468 g/mol. The molecule has 182 valence electrons. The summed E-state index contributed by atoms with van der Waals surface area (Å²) >= 11 is 0. The molecular weight excluding hydrogens is 434 g/mol. The largest absolute Gasteiger partial charge is 0.511 e. The van der Waals surface area contributed by atoms with Gasteiger partial charge in [0.15, 0.2) is 11.5 Å². The molecule has 1 aromatic heterocycles. The molecule has 0 unspecified atom stereocenters. The van der Waals surface area contributed by atoms with E-state index < -0.39 is 6.16 Å². The first-order chi connectivity index (χ1) is 16.3. The summed E-state index contributed by atoms with van der Waals surface area (Å²) < 4.78 is 18.8. The number of hydrogen-bond donors (Lipinski definition) is 1. The molecule has 4 rings (SSSR count). The summed E-state index contributed by atoms with van der Waals surface area (Å²) in [4.78, 5) is 17.9. The molecule has 2 heterocycles. The zero-order chi connectivity index (χ0) is 24.2. The van der Waals surface area contributed by atoms with E-state index in [2.05, 4.69) is 26.6 Å². The minimum atomic E-state index is -1.32. The van der Waals surface area contributed by atoms with Crippen molar-refractivity contribution in [3.8, 4) is 17.2 Å². The van der Waals surface area contributed by atoms with E-state index in [1.165, 1.54) is 5.56 Å². The Morgan fingerprint density at radius 3 is 2.59 bits per heavy atom. The highest BCUT2D eigenvalue weighted by atomic mass is 16.7. The van der Waals surface area contributed by atoms with E-state index in [1.807, 2.05) is 39.8 Å². The number of aryl methyl sites for hydroxylation is 1. The molecule has 1 aliphatic rings. The number of hydrogen-bond acceptors (Lipinski definition) is 6. The molecule has 1 N–H and O–H groups in total. The number of carbonyl (C=O) groups is 1. The molecule has 0 aliphatic carbocycles. The van der Waals surface area contributed by atoms with E-state index in [0.29, 0.717) is 12.6 Å². The molecule has 8 nitrogen and oxygen atoms in total. The summed E-state index contributed by atoms with van der Waals surface area (Å²) in [5.74, 6) is 2.81. The smallest absolute Gasteiger partial charge is 0.490 e. The van der Waals surface area contributed by atoms with E-state index in [9.17, 15) is 4.79 Å². The molecule has 0 spiro atoms. The quantitative estimate of drug-likeness (QED) is 0.349. The lowest BCUT2D eigenvalue weighted by molar-refractivity contribution is 0.144. The lowest BCUT2D eigenvalue weighted by Gasteiger charge is -2.33. The Bertz CT molecular complexity index is 1150. The average Bonchev–Trinajstić information content (AvgIpc) is 3.10. The number of piperidine rings is 1. The van der Waals surface area contributed by atoms with Crippen LogP contribution < -0.4 is 14.2 Å². The molecule has 0 saturated carbocycles. The van der Waals surface area contributed by atoms with Gasteiger partial charge < -0.3 is 23.9 Å². The van der Waals surface area contributed by atoms with Crippen LogP contribution in [0, 0.1) is 6.92 Å². The summed E-state index contributed by atoms with van der Waals surface area (Å²) in [6.07, 6.45) is 0.820. The van der Waals surface area contributed by atoms with Crippen LogP contribution in [0.4, 0.5) is 4.79 Å². The van der Waals surface area contributed by atoms with Gasteiger partial charge in [0.05, 0.1) is 23.7 Å². The van der Waals surface area contributed by atoms with Crippen LogP contribution in [-0.2, 0) is 6.54 Å². The number of aromatic nitrogens is 2. The minimum absolute atomic E-state index is 0.100. The maximum Gasteiger partial charge on any atom is 0.511 e. The van der Waals surface area contributed by atoms with Gasteiger partial charge in [-0.05, 0) is 70.4 Å². The summed E-state index contributed by atoms with van der Waals surface area (Å²) in [6, 6.07) is 11.9. The number of rotatable bonds is 8. The Morgan fingerprint density at radius 2 is 1.91 bits per heavy atom. The molecule has 1 saturated heterocycles. The van der Waals surface area contributed by atoms with E-state index in [4.69, 9.17) is 19.3 Å². The normalized spacial score (nSPS) is 15.1. The fourth-order valence-corrected chi connectivity index (χ4v) is 4.69. The Morgan fingerprint density at radius 1 is 1.15 bits per heavy atom. The third kappa shape index (κ3) is 5.44. The monoisotopic (exact) mass is 467 g/mol. The molecule has 0 bridgehead atoms. The maximum absolute atomic E-state index is 10.8. The molecule has 0 atom stereocenters. The van der Waals surface area contributed by atoms with Crippen LogP contribution in [0.25, 0.3) is 11.0 Å². The molecule has 2 aromatic carbocycles. The SMILES string of the molecule is CCOc1cc(CN2CCC(n3c(C)nc4cc(OC(=O)O)ccc43)CC2)ccc1OC(C)C. The first kappa shape index (κ1) is 23.9. The highest BCUT2D eigenvalue weighted by Crippen LogP contribution is 2.33. The van der Waals surface area contributed by atoms with Gasteiger partial charge in [-0.2, -0.15) is 0 Å². The van der Waals surface area contributed by atoms with Crippen molar-refractivity contribution in [2.24, 2.45) is 0 Å². The van der Waals surface area contributed by atoms with Crippen molar-refractivity contribution in [2.75, 3.05) is 19.7 Å². The Labute approximate surface area is 200 Å². The fraction of sp³-hybridized carbons (Fsp3) is 0.462. The van der Waals surface area contributed by atoms with Gasteiger partial charge in [-0.25, -0.2) is 9.78 Å². The second-order valence-electron chi connectivity index (χ2n) is 8.94. The minimum Gasteiger partial charge on any atom is -0.490 e. The Kier molecular flexibility index (Phi) is 7.26. The van der Waals surface area contributed by atoms with Gasteiger partial charge in [-0.15, -0.1) is 0 Å². The first-order valence-corrected chi connectivity index (χ1v) is 11.9. The van der Waals surface area contributed by atoms with Crippen LogP contribution in [0.15, 0.2) is 36.4 Å². The number of benzene rings is 2. The van der Waals surface area contributed by atoms with Crippen molar-refractivity contribution >= 4 is 17.2 Å². The fourth-order valence-electron chi connectivity index (χ4n) is 4.69. The number of fused-ring (bicyclic) bond motifs is 1. The lowest BCUT2D eigenvalue weighted by Crippen LogP contribution is -2.34. The summed E-state index contributed by atoms with van der Waals surface area (Å²) in [6.45, 7) is 11.5. The van der Waals surface area contributed by atoms with Crippen LogP contribution in [-0.4, -0.2) is 51.5 Å². The van der Waals surface area contributed by atoms with Crippen molar-refractivity contribution in [1.82, 2.24) is 14.5 Å². The topological polar surface area (TPSA) is 86.0 Å². The second kappa shape index (κ2) is 10.3. The van der Waals surface area contributed by atoms with Gasteiger partial charge in [0.25, 0.3) is 0 Å². The highest BCUT2D eigenvalue weighted by molar-refractivity contribution is 5.79. The zero-order valence-corrected chi connectivity index (χ0v) is 20.3. The molecule has 1 aliphatic heterocycles. The first-order valence-electron chi connectivity index (χ1n) is 11.9. The zero-order valence-electron chi connectivity index (χ0n) is 20.3. The van der Waals surface area contributed by atoms with Crippen molar-refractivity contribution in [1.29, 1.82) is 0 Å². The molecular formula is C26H33N3O5. The van der Waals surface area contributed by atoms with E-state index in [1.54, 1.807) is 12.1 Å². The van der Waals surface area contributed by atoms with Crippen LogP contribution in [0.2, 0.25) is 0 Å². The number of carboxylic acid groups (broad SMARTS) is 1. The lowest BCUT2D eigenvalue weighted by atomic mass is 10.0. The van der Waals surface area contributed by atoms with Crippen molar-refractivity contribution in [3.05, 3.63) is 47.8 Å². The standard InChI is InChI=1S/C26H33N3O5/c1-5-32-25-14-19(6-9-24(25)33-17(2)3)16-28-12-10-20(11-13-28)29-18(4)27-22-15-21(34-26(30)31)7-8-23(22)29/h6-9,14-15,17,20H,5,10-13,16H2,1-4H3,(H,30,31). The molecule has 8 heteroatoms. The number of ether oxygens (including phenoxy) is 3. The molecule has 3 aromatic rings. The number of nitrogens with zero attached hydrogens (tertiary/aromatic N) is 3. The van der Waals surface area contributed by atoms with Crippen molar-refractivity contribution < 1.29 is 24.1 Å². The molecule has 0 amide bonds. The highest BCUT2D eigenvalue weighted by Gasteiger charge is 2.24. The van der Waals surface area contributed by atoms with Crippen molar-refractivity contribution in [3.63, 3.8) is 0 Å². The van der Waals surface area contributed by atoms with Gasteiger partial charge in [-0.3, -0.25) is 4.90 Å². The number of likely N-dealkylation sites (tertiary alicyclic amines) is 1. The van der Waals surface area contributed by atoms with Gasteiger partial charge in [0.1, 0.15) is 11.6 Å². The maximum atomic E-state index is 10.8. The molecule has 34 heavy (non-hydrogen) atoms. The van der Waals surface area contributed by atoms with Gasteiger partial charge in [-0.1, -0.05) is 6.07 Å². The molecule has 1 fully saturated rings. The summed E-state index contributed by atoms with van der Waals surface area (Å²) in [5, 5.41) is 8.86. The third-order valence-corrected chi connectivity index (χ3v) is 6.04. The van der Waals surface area contributed by atoms with Gasteiger partial charge in [0.2, 0.25) is 0 Å². The predicted molar refractivity (Wildman–Crippen MR) is 130 cm³/mol. The predicted octanol–water partition coefficient (Wildman–Crippen LogP) is 5.42. The van der Waals surface area contributed by atoms with Crippen LogP contribution >= 0.6 is 0 Å². The summed E-state index contributed by atoms with van der Waals surface area (Å²) in [7, 11) is 0. The third-order valence-electron chi connectivity index (χ3n) is 6.04. The number of imidazole rings is 1. The van der Waals surface area contributed by atoms with Crippen molar-refractivity contribution in [2.45, 2.75) is 59.2 Å². The van der Waals surface area contributed by atoms with E-state index in [0.717, 1.165) is 60.8 Å². The Hall–Kier alpha value is -3.26.